The Labute approximate surface area is 94.3 Å². The van der Waals surface area contributed by atoms with Crippen molar-refractivity contribution in [2.45, 2.75) is 25.7 Å². The summed E-state index contributed by atoms with van der Waals surface area (Å²) < 4.78 is 9.30. The Kier molecular flexibility index (Phi) is 8.34. The summed E-state index contributed by atoms with van der Waals surface area (Å²) in [4.78, 5) is 21.9. The molecular formula is C11H13NO4. The summed E-state index contributed by atoms with van der Waals surface area (Å²) in [5, 5.41) is 8.19. The Morgan fingerprint density at radius 3 is 2.38 bits per heavy atom. The average Bonchev–Trinajstić information content (AvgIpc) is 2.26. The fourth-order valence-electron chi connectivity index (χ4n) is 0.854. The van der Waals surface area contributed by atoms with Crippen LogP contribution < -0.4 is 0 Å². The molecule has 0 atom stereocenters. The smallest absolute Gasteiger partial charge is 0.306 e. The first-order valence-corrected chi connectivity index (χ1v) is 4.82. The molecule has 0 radical (unpaired) electrons. The van der Waals surface area contributed by atoms with Gasteiger partial charge in [-0.3, -0.25) is 9.59 Å². The third kappa shape index (κ3) is 8.58. The van der Waals surface area contributed by atoms with Crippen molar-refractivity contribution in [3.8, 4) is 18.4 Å². The molecule has 0 saturated heterocycles. The molecule has 0 rings (SSSR count). The highest BCUT2D eigenvalue weighted by Gasteiger charge is 2.06. The monoisotopic (exact) mass is 223 g/mol. The molecule has 0 aliphatic rings. The van der Waals surface area contributed by atoms with Gasteiger partial charge in [0, 0.05) is 12.8 Å². The number of carbonyl (C=O) groups excluding carboxylic acids is 2. The van der Waals surface area contributed by atoms with Crippen LogP contribution in [0.15, 0.2) is 0 Å². The van der Waals surface area contributed by atoms with Crippen molar-refractivity contribution in [1.29, 1.82) is 5.26 Å². The SMILES string of the molecule is C#CCOC(=O)CCCC(=O)OCCC#N. The Balaban J connectivity index is 3.44. The van der Waals surface area contributed by atoms with Crippen molar-refractivity contribution in [2.24, 2.45) is 0 Å². The topological polar surface area (TPSA) is 76.4 Å². The van der Waals surface area contributed by atoms with Crippen LogP contribution in [0, 0.1) is 23.7 Å². The highest BCUT2D eigenvalue weighted by Crippen LogP contribution is 2.00. The van der Waals surface area contributed by atoms with E-state index in [0.717, 1.165) is 0 Å². The number of esters is 2. The van der Waals surface area contributed by atoms with E-state index < -0.39 is 11.9 Å². The second-order valence-electron chi connectivity index (χ2n) is 2.85. The molecule has 0 saturated carbocycles. The molecule has 0 unspecified atom stereocenters. The van der Waals surface area contributed by atoms with Gasteiger partial charge in [0.2, 0.25) is 0 Å². The van der Waals surface area contributed by atoms with E-state index in [1.807, 2.05) is 6.07 Å². The van der Waals surface area contributed by atoms with Crippen LogP contribution in [-0.2, 0) is 19.1 Å². The number of carbonyl (C=O) groups is 2. The van der Waals surface area contributed by atoms with Crippen LogP contribution >= 0.6 is 0 Å². The number of hydrogen-bond donors (Lipinski definition) is 0. The molecule has 0 fully saturated rings. The van der Waals surface area contributed by atoms with Crippen molar-refractivity contribution in [2.75, 3.05) is 13.2 Å². The molecule has 0 aliphatic carbocycles. The number of rotatable bonds is 7. The van der Waals surface area contributed by atoms with Crippen LogP contribution in [0.4, 0.5) is 0 Å². The first-order chi connectivity index (χ1) is 7.70. The van der Waals surface area contributed by atoms with Crippen molar-refractivity contribution < 1.29 is 19.1 Å². The van der Waals surface area contributed by atoms with Gasteiger partial charge in [0.05, 0.1) is 12.5 Å². The summed E-state index contributed by atoms with van der Waals surface area (Å²) in [6.07, 6.45) is 5.70. The van der Waals surface area contributed by atoms with Gasteiger partial charge >= 0.3 is 11.9 Å². The third-order valence-corrected chi connectivity index (χ3v) is 1.56. The van der Waals surface area contributed by atoms with Crippen molar-refractivity contribution in [1.82, 2.24) is 0 Å². The normalized spacial score (nSPS) is 8.62. The lowest BCUT2D eigenvalue weighted by Gasteiger charge is -2.02. The summed E-state index contributed by atoms with van der Waals surface area (Å²) in [6, 6.07) is 1.85. The van der Waals surface area contributed by atoms with E-state index in [2.05, 4.69) is 10.7 Å². The van der Waals surface area contributed by atoms with E-state index in [9.17, 15) is 9.59 Å². The Bertz CT molecular complexity index is 311. The first kappa shape index (κ1) is 14.0. The highest BCUT2D eigenvalue weighted by molar-refractivity contribution is 5.72. The number of ether oxygens (including phenoxy) is 2. The molecule has 16 heavy (non-hydrogen) atoms. The van der Waals surface area contributed by atoms with Crippen LogP contribution in [-0.4, -0.2) is 25.2 Å². The lowest BCUT2D eigenvalue weighted by Crippen LogP contribution is -2.08. The van der Waals surface area contributed by atoms with Gasteiger partial charge in [-0.2, -0.15) is 5.26 Å². The third-order valence-electron chi connectivity index (χ3n) is 1.56. The van der Waals surface area contributed by atoms with Crippen LogP contribution in [0.3, 0.4) is 0 Å². The molecule has 0 spiro atoms. The quantitative estimate of drug-likeness (QED) is 0.362. The van der Waals surface area contributed by atoms with Gasteiger partial charge in [-0.25, -0.2) is 0 Å². The van der Waals surface area contributed by atoms with Crippen molar-refractivity contribution in [3.63, 3.8) is 0 Å². The van der Waals surface area contributed by atoms with E-state index in [1.165, 1.54) is 0 Å². The lowest BCUT2D eigenvalue weighted by atomic mass is 10.2. The van der Waals surface area contributed by atoms with Gasteiger partial charge in [0.15, 0.2) is 6.61 Å². The fourth-order valence-corrected chi connectivity index (χ4v) is 0.854. The highest BCUT2D eigenvalue weighted by atomic mass is 16.5. The summed E-state index contributed by atoms with van der Waals surface area (Å²) in [5.74, 6) is 1.32. The molecule has 0 amide bonds. The zero-order valence-electron chi connectivity index (χ0n) is 8.90. The first-order valence-electron chi connectivity index (χ1n) is 4.82. The molecule has 0 heterocycles. The zero-order chi connectivity index (χ0) is 12.2. The molecule has 0 bridgehead atoms. The molecule has 5 heteroatoms. The van der Waals surface area contributed by atoms with Crippen LogP contribution in [0.1, 0.15) is 25.7 Å². The summed E-state index contributed by atoms with van der Waals surface area (Å²) in [5.41, 5.74) is 0. The van der Waals surface area contributed by atoms with E-state index in [4.69, 9.17) is 16.4 Å². The van der Waals surface area contributed by atoms with E-state index >= 15 is 0 Å². The molecule has 0 aromatic heterocycles. The largest absolute Gasteiger partial charge is 0.465 e. The zero-order valence-corrected chi connectivity index (χ0v) is 8.90. The summed E-state index contributed by atoms with van der Waals surface area (Å²) in [7, 11) is 0. The van der Waals surface area contributed by atoms with Gasteiger partial charge in [0.25, 0.3) is 0 Å². The maximum absolute atomic E-state index is 11.0. The van der Waals surface area contributed by atoms with E-state index in [1.54, 1.807) is 0 Å². The van der Waals surface area contributed by atoms with Crippen molar-refractivity contribution in [3.05, 3.63) is 0 Å². The molecule has 86 valence electrons. The van der Waals surface area contributed by atoms with Gasteiger partial charge in [-0.1, -0.05) is 5.92 Å². The van der Waals surface area contributed by atoms with Crippen molar-refractivity contribution >= 4 is 11.9 Å². The molecule has 0 aromatic rings. The molecule has 0 aliphatic heterocycles. The maximum Gasteiger partial charge on any atom is 0.306 e. The molecule has 0 aromatic carbocycles. The Hall–Kier alpha value is -2.01. The van der Waals surface area contributed by atoms with Gasteiger partial charge in [-0.05, 0) is 6.42 Å². The second-order valence-corrected chi connectivity index (χ2v) is 2.85. The lowest BCUT2D eigenvalue weighted by molar-refractivity contribution is -0.144. The van der Waals surface area contributed by atoms with Crippen LogP contribution in [0.5, 0.6) is 0 Å². The van der Waals surface area contributed by atoms with E-state index in [0.29, 0.717) is 6.42 Å². The predicted octanol–water partition coefficient (Wildman–Crippen LogP) is 0.790. The summed E-state index contributed by atoms with van der Waals surface area (Å²) in [6.45, 7) is 0.0440. The average molecular weight is 223 g/mol. The minimum Gasteiger partial charge on any atom is -0.465 e. The minimum absolute atomic E-state index is 0.0501. The Morgan fingerprint density at radius 1 is 1.19 bits per heavy atom. The molecular weight excluding hydrogens is 210 g/mol. The fraction of sp³-hybridized carbons (Fsp3) is 0.545. The van der Waals surface area contributed by atoms with Crippen LogP contribution in [0.2, 0.25) is 0 Å². The second kappa shape index (κ2) is 9.54. The van der Waals surface area contributed by atoms with Crippen LogP contribution in [0.25, 0.3) is 0 Å². The number of nitrogens with zero attached hydrogens (tertiary/aromatic N) is 1. The van der Waals surface area contributed by atoms with Gasteiger partial charge < -0.3 is 9.47 Å². The van der Waals surface area contributed by atoms with Gasteiger partial charge in [-0.15, -0.1) is 6.42 Å². The number of terminal acetylenes is 1. The maximum atomic E-state index is 11.0. The van der Waals surface area contributed by atoms with E-state index in [-0.39, 0.29) is 32.5 Å². The predicted molar refractivity (Wildman–Crippen MR) is 54.8 cm³/mol. The van der Waals surface area contributed by atoms with Gasteiger partial charge in [0.1, 0.15) is 6.61 Å². The summed E-state index contributed by atoms with van der Waals surface area (Å²) >= 11 is 0. The Morgan fingerprint density at radius 2 is 1.81 bits per heavy atom. The minimum atomic E-state index is -0.428. The molecule has 5 nitrogen and oxygen atoms in total. The number of nitriles is 1. The standard InChI is InChI=1S/C11H13NO4/c1-2-8-15-10(13)5-3-6-11(14)16-9-4-7-12/h1H,3-6,8-9H2. The number of hydrogen-bond acceptors (Lipinski definition) is 5. The molecule has 0 N–H and O–H groups in total.